The van der Waals surface area contributed by atoms with E-state index in [9.17, 15) is 4.79 Å². The first-order valence-electron chi connectivity index (χ1n) is 6.41. The molecule has 0 unspecified atom stereocenters. The summed E-state index contributed by atoms with van der Waals surface area (Å²) >= 11 is 0. The molecule has 100 valence electrons. The number of carbonyl (C=O) groups is 1. The lowest BCUT2D eigenvalue weighted by Gasteiger charge is -2.17. The van der Waals surface area contributed by atoms with E-state index in [0.717, 1.165) is 12.8 Å². The lowest BCUT2D eigenvalue weighted by Crippen LogP contribution is -2.39. The Morgan fingerprint density at radius 1 is 1.53 bits per heavy atom. The van der Waals surface area contributed by atoms with Crippen molar-refractivity contribution in [2.75, 3.05) is 11.9 Å². The van der Waals surface area contributed by atoms with E-state index in [0.29, 0.717) is 23.6 Å². The zero-order valence-electron chi connectivity index (χ0n) is 10.6. The molecule has 1 atom stereocenters. The summed E-state index contributed by atoms with van der Waals surface area (Å²) in [5.41, 5.74) is 1.10. The second-order valence-electron chi connectivity index (χ2n) is 4.75. The van der Waals surface area contributed by atoms with Crippen LogP contribution in [0, 0.1) is 17.2 Å². The molecule has 2 rings (SSSR count). The molecule has 1 aliphatic rings. The summed E-state index contributed by atoms with van der Waals surface area (Å²) < 4.78 is 0. The molecule has 19 heavy (non-hydrogen) atoms. The third-order valence-electron chi connectivity index (χ3n) is 3.20. The number of anilines is 1. The fourth-order valence-electron chi connectivity index (χ4n) is 2.07. The van der Waals surface area contributed by atoms with Crippen molar-refractivity contribution in [1.29, 1.82) is 5.26 Å². The molecule has 0 aromatic heterocycles. The van der Waals surface area contributed by atoms with Crippen LogP contribution in [0.15, 0.2) is 24.3 Å². The Bertz CT molecular complexity index is 492. The molecular weight excluding hydrogens is 242 g/mol. The minimum Gasteiger partial charge on any atom is -0.396 e. The van der Waals surface area contributed by atoms with Crippen LogP contribution in [-0.4, -0.2) is 23.8 Å². The average Bonchev–Trinajstić information content (AvgIpc) is 3.22. The van der Waals surface area contributed by atoms with Crippen LogP contribution in [0.4, 0.5) is 10.5 Å². The maximum Gasteiger partial charge on any atom is 0.319 e. The Kier molecular flexibility index (Phi) is 4.37. The molecule has 1 aromatic rings. The number of carbonyl (C=O) groups excluding carboxylic acids is 1. The Labute approximate surface area is 112 Å². The van der Waals surface area contributed by atoms with Gasteiger partial charge in [0.05, 0.1) is 11.6 Å². The van der Waals surface area contributed by atoms with Gasteiger partial charge in [-0.1, -0.05) is 6.07 Å². The maximum atomic E-state index is 11.8. The van der Waals surface area contributed by atoms with Gasteiger partial charge in [0.25, 0.3) is 0 Å². The summed E-state index contributed by atoms with van der Waals surface area (Å²) in [7, 11) is 0. The summed E-state index contributed by atoms with van der Waals surface area (Å²) in [4.78, 5) is 11.8. The first kappa shape index (κ1) is 13.4. The number of nitrogens with one attached hydrogen (secondary N) is 2. The Hall–Kier alpha value is -2.06. The molecule has 2 amide bonds. The minimum absolute atomic E-state index is 0.0316. The van der Waals surface area contributed by atoms with E-state index in [2.05, 4.69) is 10.6 Å². The third kappa shape index (κ3) is 3.97. The highest BCUT2D eigenvalue weighted by molar-refractivity contribution is 5.89. The van der Waals surface area contributed by atoms with Gasteiger partial charge >= 0.3 is 6.03 Å². The van der Waals surface area contributed by atoms with E-state index in [4.69, 9.17) is 10.4 Å². The highest BCUT2D eigenvalue weighted by Gasteiger charge is 2.31. The van der Waals surface area contributed by atoms with Gasteiger partial charge in [0.1, 0.15) is 0 Å². The molecule has 1 aromatic carbocycles. The standard InChI is InChI=1S/C14H17N3O2/c15-9-10-2-1-3-12(8-10)16-14(19)17-13(6-7-18)11-4-5-11/h1-3,8,11,13,18H,4-7H2,(H2,16,17,19)/t13-/m1/s1. The average molecular weight is 259 g/mol. The highest BCUT2D eigenvalue weighted by Crippen LogP contribution is 2.33. The third-order valence-corrected chi connectivity index (χ3v) is 3.20. The first-order valence-corrected chi connectivity index (χ1v) is 6.41. The monoisotopic (exact) mass is 259 g/mol. The summed E-state index contributed by atoms with van der Waals surface area (Å²) in [5.74, 6) is 0.489. The van der Waals surface area contributed by atoms with Gasteiger partial charge in [0.15, 0.2) is 0 Å². The van der Waals surface area contributed by atoms with Crippen LogP contribution in [0.5, 0.6) is 0 Å². The molecule has 3 N–H and O–H groups in total. The van der Waals surface area contributed by atoms with Crippen LogP contribution in [0.2, 0.25) is 0 Å². The van der Waals surface area contributed by atoms with Crippen molar-refractivity contribution >= 4 is 11.7 Å². The Balaban J connectivity index is 1.90. The normalized spacial score (nSPS) is 15.4. The molecule has 0 spiro atoms. The van der Waals surface area contributed by atoms with Gasteiger partial charge in [-0.3, -0.25) is 0 Å². The zero-order valence-corrected chi connectivity index (χ0v) is 10.6. The van der Waals surface area contributed by atoms with Crippen molar-refractivity contribution in [2.45, 2.75) is 25.3 Å². The summed E-state index contributed by atoms with van der Waals surface area (Å²) in [5, 5.41) is 23.3. The topological polar surface area (TPSA) is 85.2 Å². The van der Waals surface area contributed by atoms with Crippen molar-refractivity contribution in [3.63, 3.8) is 0 Å². The van der Waals surface area contributed by atoms with Gasteiger partial charge in [0, 0.05) is 18.3 Å². The second kappa shape index (κ2) is 6.21. The lowest BCUT2D eigenvalue weighted by molar-refractivity contribution is 0.234. The fourth-order valence-corrected chi connectivity index (χ4v) is 2.07. The zero-order chi connectivity index (χ0) is 13.7. The van der Waals surface area contributed by atoms with Gasteiger partial charge in [-0.05, 0) is 43.4 Å². The van der Waals surface area contributed by atoms with Crippen molar-refractivity contribution < 1.29 is 9.90 Å². The van der Waals surface area contributed by atoms with Gasteiger partial charge in [-0.2, -0.15) is 5.26 Å². The first-order chi connectivity index (χ1) is 9.22. The van der Waals surface area contributed by atoms with Crippen LogP contribution in [0.3, 0.4) is 0 Å². The molecule has 1 fully saturated rings. The molecule has 5 nitrogen and oxygen atoms in total. The van der Waals surface area contributed by atoms with E-state index < -0.39 is 0 Å². The minimum atomic E-state index is -0.291. The number of aliphatic hydroxyl groups excluding tert-OH is 1. The number of benzene rings is 1. The molecular formula is C14H17N3O2. The van der Waals surface area contributed by atoms with Crippen LogP contribution in [-0.2, 0) is 0 Å². The van der Waals surface area contributed by atoms with Gasteiger partial charge < -0.3 is 15.7 Å². The number of rotatable bonds is 5. The molecule has 0 radical (unpaired) electrons. The van der Waals surface area contributed by atoms with Crippen molar-refractivity contribution in [3.05, 3.63) is 29.8 Å². The van der Waals surface area contributed by atoms with Gasteiger partial charge in [-0.15, -0.1) is 0 Å². The molecule has 5 heteroatoms. The molecule has 0 saturated heterocycles. The van der Waals surface area contributed by atoms with E-state index in [1.165, 1.54) is 0 Å². The summed E-state index contributed by atoms with van der Waals surface area (Å²) in [6, 6.07) is 8.53. The molecule has 0 bridgehead atoms. The number of nitrogens with zero attached hydrogens (tertiary/aromatic N) is 1. The molecule has 0 heterocycles. The number of aliphatic hydroxyl groups is 1. The summed E-state index contributed by atoms with van der Waals surface area (Å²) in [6.07, 6.45) is 2.79. The van der Waals surface area contributed by atoms with Crippen molar-refractivity contribution in [2.24, 2.45) is 5.92 Å². The number of hydrogen-bond acceptors (Lipinski definition) is 3. The second-order valence-corrected chi connectivity index (χ2v) is 4.75. The largest absolute Gasteiger partial charge is 0.396 e. The Morgan fingerprint density at radius 2 is 2.32 bits per heavy atom. The van der Waals surface area contributed by atoms with Crippen molar-refractivity contribution in [3.8, 4) is 6.07 Å². The maximum absolute atomic E-state index is 11.8. The van der Waals surface area contributed by atoms with E-state index >= 15 is 0 Å². The van der Waals surface area contributed by atoms with Crippen LogP contribution >= 0.6 is 0 Å². The van der Waals surface area contributed by atoms with Gasteiger partial charge in [0.2, 0.25) is 0 Å². The Morgan fingerprint density at radius 3 is 2.95 bits per heavy atom. The number of nitriles is 1. The molecule has 1 saturated carbocycles. The van der Waals surface area contributed by atoms with Crippen molar-refractivity contribution in [1.82, 2.24) is 5.32 Å². The number of amides is 2. The summed E-state index contributed by atoms with van der Waals surface area (Å²) in [6.45, 7) is 0.0748. The smallest absolute Gasteiger partial charge is 0.319 e. The van der Waals surface area contributed by atoms with E-state index in [1.807, 2.05) is 6.07 Å². The molecule has 0 aliphatic heterocycles. The molecule has 1 aliphatic carbocycles. The van der Waals surface area contributed by atoms with Crippen LogP contribution < -0.4 is 10.6 Å². The quantitative estimate of drug-likeness (QED) is 0.754. The number of urea groups is 1. The predicted octanol–water partition coefficient (Wildman–Crippen LogP) is 1.84. The van der Waals surface area contributed by atoms with Crippen LogP contribution in [0.25, 0.3) is 0 Å². The fraction of sp³-hybridized carbons (Fsp3) is 0.429. The lowest BCUT2D eigenvalue weighted by atomic mass is 10.1. The van der Waals surface area contributed by atoms with Crippen LogP contribution in [0.1, 0.15) is 24.8 Å². The predicted molar refractivity (Wildman–Crippen MR) is 71.5 cm³/mol. The SMILES string of the molecule is N#Cc1cccc(NC(=O)N[C@H](CCO)C2CC2)c1. The van der Waals surface area contributed by atoms with E-state index in [-0.39, 0.29) is 18.7 Å². The van der Waals surface area contributed by atoms with Gasteiger partial charge in [-0.25, -0.2) is 4.79 Å². The highest BCUT2D eigenvalue weighted by atomic mass is 16.3. The van der Waals surface area contributed by atoms with E-state index in [1.54, 1.807) is 24.3 Å². The number of hydrogen-bond donors (Lipinski definition) is 3.